The van der Waals surface area contributed by atoms with Gasteiger partial charge in [-0.2, -0.15) is 0 Å². The Hall–Kier alpha value is -2.82. The first-order valence-electron chi connectivity index (χ1n) is 9.19. The van der Waals surface area contributed by atoms with E-state index in [-0.39, 0.29) is 18.9 Å². The number of carboxylic acids is 1. The van der Waals surface area contributed by atoms with Gasteiger partial charge < -0.3 is 15.2 Å². The molecule has 2 rings (SSSR count). The third-order valence-electron chi connectivity index (χ3n) is 4.09. The van der Waals surface area contributed by atoms with E-state index in [4.69, 9.17) is 4.74 Å². The fraction of sp³-hybridized carbons (Fsp3) is 0.364. The van der Waals surface area contributed by atoms with Gasteiger partial charge in [-0.05, 0) is 35.6 Å². The fourth-order valence-electron chi connectivity index (χ4n) is 2.60. The van der Waals surface area contributed by atoms with Gasteiger partial charge in [-0.1, -0.05) is 56.3 Å². The highest BCUT2D eigenvalue weighted by Crippen LogP contribution is 2.14. The summed E-state index contributed by atoms with van der Waals surface area (Å²) in [5.41, 5.74) is 1.80. The predicted molar refractivity (Wildman–Crippen MR) is 105 cm³/mol. The summed E-state index contributed by atoms with van der Waals surface area (Å²) in [4.78, 5) is 23.6. The number of ether oxygens (including phenoxy) is 1. The quantitative estimate of drug-likeness (QED) is 0.674. The van der Waals surface area contributed by atoms with Gasteiger partial charge in [0.15, 0.2) is 0 Å². The molecule has 5 heteroatoms. The van der Waals surface area contributed by atoms with Crippen LogP contribution in [-0.4, -0.2) is 30.1 Å². The molecule has 2 aromatic rings. The molecule has 0 radical (unpaired) electrons. The number of aliphatic carboxylic acids is 1. The second-order valence-corrected chi connectivity index (χ2v) is 7.05. The lowest BCUT2D eigenvalue weighted by molar-refractivity contribution is -0.141. The first kappa shape index (κ1) is 20.5. The van der Waals surface area contributed by atoms with E-state index in [0.29, 0.717) is 18.9 Å². The highest BCUT2D eigenvalue weighted by atomic mass is 16.5. The molecular weight excluding hydrogens is 342 g/mol. The molecule has 0 saturated heterocycles. The van der Waals surface area contributed by atoms with Crippen LogP contribution in [-0.2, 0) is 22.4 Å². The lowest BCUT2D eigenvalue weighted by Crippen LogP contribution is -2.34. The fourth-order valence-corrected chi connectivity index (χ4v) is 2.60. The maximum atomic E-state index is 12.2. The molecule has 1 atom stereocenters. The van der Waals surface area contributed by atoms with E-state index in [9.17, 15) is 14.7 Å². The third kappa shape index (κ3) is 7.52. The van der Waals surface area contributed by atoms with Crippen LogP contribution in [0.15, 0.2) is 54.6 Å². The molecule has 0 saturated carbocycles. The first-order chi connectivity index (χ1) is 12.9. The summed E-state index contributed by atoms with van der Waals surface area (Å²) in [6.07, 6.45) is 0.598. The summed E-state index contributed by atoms with van der Waals surface area (Å²) in [5, 5.41) is 12.1. The smallest absolute Gasteiger partial charge is 0.308 e. The van der Waals surface area contributed by atoms with Gasteiger partial charge >= 0.3 is 5.97 Å². The van der Waals surface area contributed by atoms with Gasteiger partial charge in [-0.25, -0.2) is 0 Å². The van der Waals surface area contributed by atoms with Crippen LogP contribution in [0, 0.1) is 11.8 Å². The van der Waals surface area contributed by atoms with Crippen molar-refractivity contribution in [2.75, 3.05) is 13.2 Å². The van der Waals surface area contributed by atoms with Gasteiger partial charge in [0.2, 0.25) is 5.91 Å². The van der Waals surface area contributed by atoms with Gasteiger partial charge in [0.05, 0.1) is 18.9 Å². The van der Waals surface area contributed by atoms with Crippen molar-refractivity contribution < 1.29 is 19.4 Å². The molecule has 2 aromatic carbocycles. The minimum absolute atomic E-state index is 0.110. The van der Waals surface area contributed by atoms with Gasteiger partial charge in [0.25, 0.3) is 0 Å². The number of carboxylic acid groups (broad SMARTS) is 1. The SMILES string of the molecule is CC(C)COc1ccc(CC(=O)NCC(Cc2ccccc2)C(=O)O)cc1. The predicted octanol–water partition coefficient (Wildman–Crippen LogP) is 3.32. The largest absolute Gasteiger partial charge is 0.493 e. The molecule has 0 aliphatic rings. The lowest BCUT2D eigenvalue weighted by Gasteiger charge is -2.14. The van der Waals surface area contributed by atoms with E-state index in [2.05, 4.69) is 19.2 Å². The average molecular weight is 369 g/mol. The zero-order chi connectivity index (χ0) is 19.6. The van der Waals surface area contributed by atoms with Crippen molar-refractivity contribution >= 4 is 11.9 Å². The molecule has 27 heavy (non-hydrogen) atoms. The number of benzene rings is 2. The van der Waals surface area contributed by atoms with Crippen LogP contribution in [0.3, 0.4) is 0 Å². The molecule has 0 spiro atoms. The normalized spacial score (nSPS) is 11.8. The molecule has 0 aromatic heterocycles. The standard InChI is InChI=1S/C22H27NO4/c1-16(2)15-27-20-10-8-18(9-11-20)13-21(24)23-14-19(22(25)26)12-17-6-4-3-5-7-17/h3-11,16,19H,12-15H2,1-2H3,(H,23,24)(H,25,26). The number of hydrogen-bond donors (Lipinski definition) is 2. The van der Waals surface area contributed by atoms with Crippen LogP contribution in [0.5, 0.6) is 5.75 Å². The maximum Gasteiger partial charge on any atom is 0.308 e. The Bertz CT molecular complexity index is 726. The summed E-state index contributed by atoms with van der Waals surface area (Å²) < 4.78 is 5.62. The Labute approximate surface area is 160 Å². The summed E-state index contributed by atoms with van der Waals surface area (Å²) >= 11 is 0. The van der Waals surface area contributed by atoms with E-state index in [0.717, 1.165) is 16.9 Å². The lowest BCUT2D eigenvalue weighted by atomic mass is 9.99. The molecular formula is C22H27NO4. The van der Waals surface area contributed by atoms with Crippen molar-refractivity contribution in [1.82, 2.24) is 5.32 Å². The second-order valence-electron chi connectivity index (χ2n) is 7.05. The Morgan fingerprint density at radius 3 is 2.26 bits per heavy atom. The van der Waals surface area contributed by atoms with E-state index in [1.165, 1.54) is 0 Å². The molecule has 0 heterocycles. The van der Waals surface area contributed by atoms with E-state index < -0.39 is 11.9 Å². The molecule has 0 bridgehead atoms. The minimum atomic E-state index is -0.911. The maximum absolute atomic E-state index is 12.2. The Morgan fingerprint density at radius 1 is 1.00 bits per heavy atom. The summed E-state index contributed by atoms with van der Waals surface area (Å²) in [6, 6.07) is 16.8. The van der Waals surface area contributed by atoms with Gasteiger partial charge in [-0.15, -0.1) is 0 Å². The van der Waals surface area contributed by atoms with Crippen LogP contribution >= 0.6 is 0 Å². The summed E-state index contributed by atoms with van der Waals surface area (Å²) in [7, 11) is 0. The Kier molecular flexibility index (Phi) is 7.86. The third-order valence-corrected chi connectivity index (χ3v) is 4.09. The van der Waals surface area contributed by atoms with Crippen LogP contribution < -0.4 is 10.1 Å². The van der Waals surface area contributed by atoms with Gasteiger partial charge in [0.1, 0.15) is 5.75 Å². The van der Waals surface area contributed by atoms with Crippen LogP contribution in [0.1, 0.15) is 25.0 Å². The van der Waals surface area contributed by atoms with E-state index in [1.54, 1.807) is 0 Å². The zero-order valence-electron chi connectivity index (χ0n) is 15.9. The second kappa shape index (κ2) is 10.4. The molecule has 0 aliphatic carbocycles. The van der Waals surface area contributed by atoms with Crippen LogP contribution in [0.2, 0.25) is 0 Å². The Morgan fingerprint density at radius 2 is 1.67 bits per heavy atom. The number of carbonyl (C=O) groups excluding carboxylic acids is 1. The minimum Gasteiger partial charge on any atom is -0.493 e. The molecule has 1 amide bonds. The number of hydrogen-bond acceptors (Lipinski definition) is 3. The summed E-state index contributed by atoms with van der Waals surface area (Å²) in [5.74, 6) is -0.519. The average Bonchev–Trinajstić information content (AvgIpc) is 2.65. The van der Waals surface area contributed by atoms with Gasteiger partial charge in [-0.3, -0.25) is 9.59 Å². The molecule has 1 unspecified atom stereocenters. The highest BCUT2D eigenvalue weighted by Gasteiger charge is 2.19. The van der Waals surface area contributed by atoms with Crippen molar-refractivity contribution in [3.63, 3.8) is 0 Å². The molecule has 5 nitrogen and oxygen atoms in total. The van der Waals surface area contributed by atoms with Crippen LogP contribution in [0.25, 0.3) is 0 Å². The first-order valence-corrected chi connectivity index (χ1v) is 9.19. The monoisotopic (exact) mass is 369 g/mol. The topological polar surface area (TPSA) is 75.6 Å². The Balaban J connectivity index is 1.82. The number of rotatable bonds is 10. The van der Waals surface area contributed by atoms with Crippen molar-refractivity contribution in [2.45, 2.75) is 26.7 Å². The van der Waals surface area contributed by atoms with E-state index >= 15 is 0 Å². The van der Waals surface area contributed by atoms with Crippen molar-refractivity contribution in [1.29, 1.82) is 0 Å². The van der Waals surface area contributed by atoms with Gasteiger partial charge in [0, 0.05) is 6.54 Å². The zero-order valence-corrected chi connectivity index (χ0v) is 15.9. The molecule has 0 aliphatic heterocycles. The van der Waals surface area contributed by atoms with Crippen molar-refractivity contribution in [2.24, 2.45) is 11.8 Å². The van der Waals surface area contributed by atoms with E-state index in [1.807, 2.05) is 54.6 Å². The number of amides is 1. The summed E-state index contributed by atoms with van der Waals surface area (Å²) in [6.45, 7) is 4.93. The molecule has 144 valence electrons. The number of nitrogens with one attached hydrogen (secondary N) is 1. The van der Waals surface area contributed by atoms with Crippen LogP contribution in [0.4, 0.5) is 0 Å². The molecule has 2 N–H and O–H groups in total. The van der Waals surface area contributed by atoms with Crippen molar-refractivity contribution in [3.05, 3.63) is 65.7 Å². The highest BCUT2D eigenvalue weighted by molar-refractivity contribution is 5.79. The number of carbonyl (C=O) groups is 2. The van der Waals surface area contributed by atoms with Crippen molar-refractivity contribution in [3.8, 4) is 5.75 Å². The molecule has 0 fully saturated rings.